The summed E-state index contributed by atoms with van der Waals surface area (Å²) in [5.74, 6) is 0.420. The fourth-order valence-corrected chi connectivity index (χ4v) is 5.52. The van der Waals surface area contributed by atoms with E-state index in [2.05, 4.69) is 15.3 Å². The number of aromatic amines is 1. The van der Waals surface area contributed by atoms with E-state index in [0.29, 0.717) is 37.5 Å². The first-order valence-electron chi connectivity index (χ1n) is 10.1. The van der Waals surface area contributed by atoms with Crippen molar-refractivity contribution < 1.29 is 9.59 Å². The van der Waals surface area contributed by atoms with Gasteiger partial charge >= 0.3 is 0 Å². The Morgan fingerprint density at radius 2 is 2.28 bits per heavy atom. The van der Waals surface area contributed by atoms with Crippen molar-refractivity contribution in [1.82, 2.24) is 20.2 Å². The van der Waals surface area contributed by atoms with Crippen molar-refractivity contribution in [2.24, 2.45) is 11.3 Å². The number of hydrogen-bond donors (Lipinski definition) is 2. The highest BCUT2D eigenvalue weighted by molar-refractivity contribution is 7.09. The van der Waals surface area contributed by atoms with Crippen molar-refractivity contribution >= 4 is 23.2 Å². The summed E-state index contributed by atoms with van der Waals surface area (Å²) in [4.78, 5) is 46.4. The summed E-state index contributed by atoms with van der Waals surface area (Å²) in [7, 11) is 0. The van der Waals surface area contributed by atoms with E-state index >= 15 is 0 Å². The second kappa shape index (κ2) is 8.10. The number of aryl methyl sites for hydroxylation is 2. The lowest BCUT2D eigenvalue weighted by Gasteiger charge is -2.29. The second-order valence-corrected chi connectivity index (χ2v) is 9.16. The van der Waals surface area contributed by atoms with E-state index in [-0.39, 0.29) is 22.8 Å². The molecule has 1 aliphatic heterocycles. The van der Waals surface area contributed by atoms with Gasteiger partial charge in [0.1, 0.15) is 0 Å². The number of nitrogens with one attached hydrogen (secondary N) is 2. The van der Waals surface area contributed by atoms with Crippen LogP contribution in [0.2, 0.25) is 0 Å². The maximum atomic E-state index is 12.8. The molecule has 0 unspecified atom stereocenters. The van der Waals surface area contributed by atoms with Crippen LogP contribution >= 0.6 is 11.3 Å². The Labute approximate surface area is 173 Å². The van der Waals surface area contributed by atoms with E-state index in [4.69, 9.17) is 0 Å². The Kier molecular flexibility index (Phi) is 5.54. The molecule has 3 heterocycles. The van der Waals surface area contributed by atoms with Crippen LogP contribution in [0.1, 0.15) is 46.6 Å². The molecular formula is C21H26N4O3S. The topological polar surface area (TPSA) is 95.2 Å². The average Bonchev–Trinajstić information content (AvgIpc) is 3.39. The minimum absolute atomic E-state index is 0.0338. The van der Waals surface area contributed by atoms with Crippen molar-refractivity contribution in [1.29, 1.82) is 0 Å². The van der Waals surface area contributed by atoms with Gasteiger partial charge in [-0.25, -0.2) is 4.98 Å². The SMILES string of the molecule is Cc1ncsc1CCC(=O)NC[C@]12CCC[C@H]1CN(C(=O)c1ccc(=O)[nH]c1)C2. The Hall–Kier alpha value is -2.48. The van der Waals surface area contributed by atoms with Gasteiger partial charge in [-0.2, -0.15) is 0 Å². The lowest BCUT2D eigenvalue weighted by molar-refractivity contribution is -0.121. The van der Waals surface area contributed by atoms with Gasteiger partial charge in [0.05, 0.1) is 16.8 Å². The summed E-state index contributed by atoms with van der Waals surface area (Å²) in [6, 6.07) is 2.95. The van der Waals surface area contributed by atoms with Crippen LogP contribution in [0, 0.1) is 18.3 Å². The monoisotopic (exact) mass is 414 g/mol. The third-order valence-electron chi connectivity index (χ3n) is 6.42. The van der Waals surface area contributed by atoms with Crippen LogP contribution in [0.25, 0.3) is 0 Å². The van der Waals surface area contributed by atoms with Gasteiger partial charge in [0, 0.05) is 48.6 Å². The van der Waals surface area contributed by atoms with Crippen LogP contribution in [-0.4, -0.2) is 46.3 Å². The molecule has 1 aliphatic carbocycles. The molecule has 2 fully saturated rings. The molecule has 2 aromatic heterocycles. The zero-order valence-electron chi connectivity index (χ0n) is 16.6. The van der Waals surface area contributed by atoms with Crippen molar-refractivity contribution in [3.63, 3.8) is 0 Å². The molecule has 2 atom stereocenters. The van der Waals surface area contributed by atoms with Crippen LogP contribution < -0.4 is 10.9 Å². The predicted molar refractivity (Wildman–Crippen MR) is 111 cm³/mol. The third-order valence-corrected chi connectivity index (χ3v) is 7.41. The normalized spacial score (nSPS) is 23.2. The summed E-state index contributed by atoms with van der Waals surface area (Å²) in [6.07, 6.45) is 5.92. The van der Waals surface area contributed by atoms with Crippen LogP contribution in [0.15, 0.2) is 28.6 Å². The summed E-state index contributed by atoms with van der Waals surface area (Å²) in [6.45, 7) is 3.96. The van der Waals surface area contributed by atoms with E-state index in [1.165, 1.54) is 12.3 Å². The predicted octanol–water partition coefficient (Wildman–Crippen LogP) is 2.13. The van der Waals surface area contributed by atoms with Gasteiger partial charge in [-0.3, -0.25) is 14.4 Å². The number of thiazole rings is 1. The summed E-state index contributed by atoms with van der Waals surface area (Å²) < 4.78 is 0. The molecule has 29 heavy (non-hydrogen) atoms. The Morgan fingerprint density at radius 3 is 3.00 bits per heavy atom. The zero-order valence-corrected chi connectivity index (χ0v) is 17.4. The first kappa shape index (κ1) is 19.8. The van der Waals surface area contributed by atoms with Crippen molar-refractivity contribution in [2.75, 3.05) is 19.6 Å². The smallest absolute Gasteiger partial charge is 0.255 e. The summed E-state index contributed by atoms with van der Waals surface area (Å²) >= 11 is 1.59. The first-order chi connectivity index (χ1) is 14.0. The van der Waals surface area contributed by atoms with E-state index in [1.807, 2.05) is 17.3 Å². The van der Waals surface area contributed by atoms with E-state index < -0.39 is 0 Å². The van der Waals surface area contributed by atoms with Gasteiger partial charge in [-0.1, -0.05) is 6.42 Å². The largest absolute Gasteiger partial charge is 0.355 e. The number of pyridine rings is 1. The number of fused-ring (bicyclic) bond motifs is 1. The molecular weight excluding hydrogens is 388 g/mol. The molecule has 0 radical (unpaired) electrons. The molecule has 0 spiro atoms. The fraction of sp³-hybridized carbons (Fsp3) is 0.524. The van der Waals surface area contributed by atoms with Gasteiger partial charge in [-0.15, -0.1) is 11.3 Å². The molecule has 8 heteroatoms. The average molecular weight is 415 g/mol. The summed E-state index contributed by atoms with van der Waals surface area (Å²) in [5, 5.41) is 3.14. The van der Waals surface area contributed by atoms with Gasteiger partial charge < -0.3 is 15.2 Å². The van der Waals surface area contributed by atoms with Crippen molar-refractivity contribution in [3.8, 4) is 0 Å². The number of amides is 2. The number of hydrogen-bond acceptors (Lipinski definition) is 5. The van der Waals surface area contributed by atoms with Gasteiger partial charge in [0.25, 0.3) is 5.91 Å². The number of H-pyrrole nitrogens is 1. The number of nitrogens with zero attached hydrogens (tertiary/aromatic N) is 2. The molecule has 2 aromatic rings. The molecule has 7 nitrogen and oxygen atoms in total. The molecule has 1 saturated heterocycles. The van der Waals surface area contributed by atoms with Crippen LogP contribution in [0.5, 0.6) is 0 Å². The number of rotatable bonds is 6. The second-order valence-electron chi connectivity index (χ2n) is 8.22. The third kappa shape index (κ3) is 4.12. The lowest BCUT2D eigenvalue weighted by atomic mass is 9.80. The van der Waals surface area contributed by atoms with E-state index in [0.717, 1.165) is 36.3 Å². The molecule has 1 saturated carbocycles. The van der Waals surface area contributed by atoms with E-state index in [9.17, 15) is 14.4 Å². The van der Waals surface area contributed by atoms with Gasteiger partial charge in [-0.05, 0) is 38.2 Å². The number of likely N-dealkylation sites (tertiary alicyclic amines) is 1. The molecule has 2 N–H and O–H groups in total. The number of carbonyl (C=O) groups is 2. The maximum Gasteiger partial charge on any atom is 0.255 e. The van der Waals surface area contributed by atoms with E-state index in [1.54, 1.807) is 17.4 Å². The number of aromatic nitrogens is 2. The highest BCUT2D eigenvalue weighted by Crippen LogP contribution is 2.48. The van der Waals surface area contributed by atoms with Crippen LogP contribution in [0.3, 0.4) is 0 Å². The van der Waals surface area contributed by atoms with Gasteiger partial charge in [0.2, 0.25) is 11.5 Å². The lowest BCUT2D eigenvalue weighted by Crippen LogP contribution is -2.41. The minimum atomic E-state index is -0.215. The zero-order chi connectivity index (χ0) is 20.4. The molecule has 2 aliphatic rings. The Morgan fingerprint density at radius 1 is 1.41 bits per heavy atom. The molecule has 2 amide bonds. The summed E-state index contributed by atoms with van der Waals surface area (Å²) in [5.41, 5.74) is 3.08. The minimum Gasteiger partial charge on any atom is -0.355 e. The van der Waals surface area contributed by atoms with Crippen LogP contribution in [-0.2, 0) is 11.2 Å². The van der Waals surface area contributed by atoms with Crippen LogP contribution in [0.4, 0.5) is 0 Å². The molecule has 0 aromatic carbocycles. The highest BCUT2D eigenvalue weighted by atomic mass is 32.1. The maximum absolute atomic E-state index is 12.8. The van der Waals surface area contributed by atoms with Gasteiger partial charge in [0.15, 0.2) is 0 Å². The molecule has 0 bridgehead atoms. The Balaban J connectivity index is 1.35. The molecule has 4 rings (SSSR count). The fourth-order valence-electron chi connectivity index (χ4n) is 4.74. The highest BCUT2D eigenvalue weighted by Gasteiger charge is 2.50. The first-order valence-corrected chi connectivity index (χ1v) is 11.0. The molecule has 154 valence electrons. The quantitative estimate of drug-likeness (QED) is 0.757. The Bertz CT molecular complexity index is 948. The number of carbonyl (C=O) groups excluding carboxylic acids is 2. The standard InChI is InChI=1S/C21H26N4O3S/c1-14-17(29-13-24-14)5-7-19(27)23-11-21-8-2-3-16(21)10-25(12-21)20(28)15-4-6-18(26)22-9-15/h4,6,9,13,16H,2-3,5,7-8,10-12H2,1H3,(H,22,26)(H,23,27)/t16-,21-/m0/s1. The van der Waals surface area contributed by atoms with Crippen molar-refractivity contribution in [3.05, 3.63) is 50.3 Å². The van der Waals surface area contributed by atoms with Crippen molar-refractivity contribution in [2.45, 2.75) is 39.0 Å².